The van der Waals surface area contributed by atoms with Crippen LogP contribution in [-0.2, 0) is 16.6 Å². The van der Waals surface area contributed by atoms with Crippen LogP contribution in [0, 0.1) is 0 Å². The van der Waals surface area contributed by atoms with E-state index in [1.54, 1.807) is 24.0 Å². The lowest BCUT2D eigenvalue weighted by molar-refractivity contribution is 0.567. The van der Waals surface area contributed by atoms with Gasteiger partial charge in [-0.25, -0.2) is 18.1 Å². The molecule has 0 saturated heterocycles. The van der Waals surface area contributed by atoms with Gasteiger partial charge in [0, 0.05) is 24.0 Å². The quantitative estimate of drug-likeness (QED) is 0.792. The standard InChI is InChI=1S/C12H21N3O2S2/c1-12(2,18-4)9-15-19(16,17)11-6-5-10(7-13-3)8-14-11/h5-6,8,13,15H,7,9H2,1-4H3. The number of pyridine rings is 1. The predicted octanol–water partition coefficient (Wildman–Crippen LogP) is 1.22. The Kier molecular flexibility index (Phi) is 5.79. The van der Waals surface area contributed by atoms with Crippen LogP contribution in [-0.4, -0.2) is 38.0 Å². The molecule has 108 valence electrons. The van der Waals surface area contributed by atoms with Crippen LogP contribution in [0.15, 0.2) is 23.4 Å². The Morgan fingerprint density at radius 3 is 2.53 bits per heavy atom. The third kappa shape index (κ3) is 5.10. The van der Waals surface area contributed by atoms with E-state index in [2.05, 4.69) is 15.0 Å². The van der Waals surface area contributed by atoms with Crippen LogP contribution in [0.5, 0.6) is 0 Å². The minimum atomic E-state index is -3.53. The molecule has 1 aromatic rings. The highest BCUT2D eigenvalue weighted by atomic mass is 32.2. The normalized spacial score (nSPS) is 12.6. The van der Waals surface area contributed by atoms with Crippen LogP contribution in [0.3, 0.4) is 0 Å². The molecule has 0 radical (unpaired) electrons. The second kappa shape index (κ2) is 6.69. The first-order valence-corrected chi connectivity index (χ1v) is 8.66. The van der Waals surface area contributed by atoms with Crippen LogP contribution in [0.25, 0.3) is 0 Å². The molecular formula is C12H21N3O2S2. The summed E-state index contributed by atoms with van der Waals surface area (Å²) in [7, 11) is -1.70. The molecule has 0 amide bonds. The van der Waals surface area contributed by atoms with Gasteiger partial charge in [-0.15, -0.1) is 0 Å². The number of sulfonamides is 1. The zero-order valence-electron chi connectivity index (χ0n) is 11.7. The molecule has 0 unspecified atom stereocenters. The molecule has 2 N–H and O–H groups in total. The van der Waals surface area contributed by atoms with Crippen LogP contribution >= 0.6 is 11.8 Å². The Morgan fingerprint density at radius 1 is 1.37 bits per heavy atom. The van der Waals surface area contributed by atoms with E-state index in [4.69, 9.17) is 0 Å². The van der Waals surface area contributed by atoms with Gasteiger partial charge in [-0.3, -0.25) is 0 Å². The molecule has 19 heavy (non-hydrogen) atoms. The Bertz CT molecular complexity index is 498. The molecule has 0 aromatic carbocycles. The van der Waals surface area contributed by atoms with Gasteiger partial charge in [0.25, 0.3) is 10.0 Å². The van der Waals surface area contributed by atoms with Crippen molar-refractivity contribution in [2.75, 3.05) is 19.8 Å². The third-order valence-electron chi connectivity index (χ3n) is 2.69. The molecule has 0 spiro atoms. The maximum absolute atomic E-state index is 12.1. The van der Waals surface area contributed by atoms with Crippen molar-refractivity contribution in [3.63, 3.8) is 0 Å². The van der Waals surface area contributed by atoms with Gasteiger partial charge in [-0.05, 0) is 38.8 Å². The van der Waals surface area contributed by atoms with E-state index < -0.39 is 10.0 Å². The second-order valence-electron chi connectivity index (χ2n) is 4.82. The molecule has 1 rings (SSSR count). The fourth-order valence-corrected chi connectivity index (χ4v) is 2.74. The molecule has 0 atom stereocenters. The summed E-state index contributed by atoms with van der Waals surface area (Å²) in [5.41, 5.74) is 0.950. The van der Waals surface area contributed by atoms with Gasteiger partial charge in [-0.2, -0.15) is 11.8 Å². The van der Waals surface area contributed by atoms with Crippen molar-refractivity contribution in [2.45, 2.75) is 30.2 Å². The summed E-state index contributed by atoms with van der Waals surface area (Å²) in [6.07, 6.45) is 3.53. The first kappa shape index (κ1) is 16.4. The molecule has 0 bridgehead atoms. The molecule has 0 fully saturated rings. The number of hydrogen-bond donors (Lipinski definition) is 2. The highest BCUT2D eigenvalue weighted by Gasteiger charge is 2.22. The van der Waals surface area contributed by atoms with Gasteiger partial charge >= 0.3 is 0 Å². The SMILES string of the molecule is CNCc1ccc(S(=O)(=O)NCC(C)(C)SC)nc1. The van der Waals surface area contributed by atoms with E-state index in [1.807, 2.05) is 27.2 Å². The van der Waals surface area contributed by atoms with E-state index in [1.165, 1.54) is 6.07 Å². The van der Waals surface area contributed by atoms with E-state index >= 15 is 0 Å². The number of aromatic nitrogens is 1. The highest BCUT2D eigenvalue weighted by Crippen LogP contribution is 2.20. The molecule has 1 heterocycles. The number of thioether (sulfide) groups is 1. The summed E-state index contributed by atoms with van der Waals surface area (Å²) in [5, 5.41) is 3.05. The van der Waals surface area contributed by atoms with Crippen LogP contribution < -0.4 is 10.0 Å². The molecule has 7 heteroatoms. The topological polar surface area (TPSA) is 71.1 Å². The highest BCUT2D eigenvalue weighted by molar-refractivity contribution is 8.00. The molecular weight excluding hydrogens is 282 g/mol. The van der Waals surface area contributed by atoms with E-state index in [0.29, 0.717) is 13.1 Å². The van der Waals surface area contributed by atoms with Crippen molar-refractivity contribution in [3.05, 3.63) is 23.9 Å². The summed E-state index contributed by atoms with van der Waals surface area (Å²) < 4.78 is 26.6. The third-order valence-corrected chi connectivity index (χ3v) is 5.26. The van der Waals surface area contributed by atoms with E-state index in [-0.39, 0.29) is 9.77 Å². The fraction of sp³-hybridized carbons (Fsp3) is 0.583. The van der Waals surface area contributed by atoms with Crippen molar-refractivity contribution >= 4 is 21.8 Å². The maximum Gasteiger partial charge on any atom is 0.258 e. The fourth-order valence-electron chi connectivity index (χ4n) is 1.29. The van der Waals surface area contributed by atoms with Crippen LogP contribution in [0.1, 0.15) is 19.4 Å². The largest absolute Gasteiger partial charge is 0.316 e. The van der Waals surface area contributed by atoms with Crippen molar-refractivity contribution in [2.24, 2.45) is 0 Å². The monoisotopic (exact) mass is 303 g/mol. The number of rotatable bonds is 7. The maximum atomic E-state index is 12.1. The number of nitrogens with one attached hydrogen (secondary N) is 2. The average Bonchev–Trinajstić information content (AvgIpc) is 2.38. The zero-order chi connectivity index (χ0) is 14.5. The van der Waals surface area contributed by atoms with E-state index in [9.17, 15) is 8.42 Å². The van der Waals surface area contributed by atoms with Gasteiger partial charge in [0.1, 0.15) is 0 Å². The first-order chi connectivity index (χ1) is 8.80. The van der Waals surface area contributed by atoms with Crippen molar-refractivity contribution in [3.8, 4) is 0 Å². The molecule has 5 nitrogen and oxygen atoms in total. The molecule has 0 aliphatic heterocycles. The summed E-state index contributed by atoms with van der Waals surface area (Å²) in [4.78, 5) is 4.00. The predicted molar refractivity (Wildman–Crippen MR) is 79.8 cm³/mol. The van der Waals surface area contributed by atoms with Gasteiger partial charge in [0.2, 0.25) is 0 Å². The lowest BCUT2D eigenvalue weighted by atomic mass is 10.2. The molecule has 1 aromatic heterocycles. The number of nitrogens with zero attached hydrogens (tertiary/aromatic N) is 1. The van der Waals surface area contributed by atoms with Crippen LogP contribution in [0.4, 0.5) is 0 Å². The smallest absolute Gasteiger partial charge is 0.258 e. The minimum Gasteiger partial charge on any atom is -0.316 e. The first-order valence-electron chi connectivity index (χ1n) is 5.95. The zero-order valence-corrected chi connectivity index (χ0v) is 13.4. The lowest BCUT2D eigenvalue weighted by Gasteiger charge is -2.21. The van der Waals surface area contributed by atoms with Gasteiger partial charge in [0.15, 0.2) is 5.03 Å². The Hall–Kier alpha value is -0.630. The van der Waals surface area contributed by atoms with E-state index in [0.717, 1.165) is 5.56 Å². The number of hydrogen-bond acceptors (Lipinski definition) is 5. The second-order valence-corrected chi connectivity index (χ2v) is 8.05. The van der Waals surface area contributed by atoms with Gasteiger partial charge in [-0.1, -0.05) is 6.07 Å². The average molecular weight is 303 g/mol. The van der Waals surface area contributed by atoms with Crippen molar-refractivity contribution in [1.29, 1.82) is 0 Å². The van der Waals surface area contributed by atoms with Gasteiger partial charge < -0.3 is 5.32 Å². The van der Waals surface area contributed by atoms with Crippen molar-refractivity contribution in [1.82, 2.24) is 15.0 Å². The molecule has 0 aliphatic rings. The summed E-state index contributed by atoms with van der Waals surface area (Å²) >= 11 is 1.62. The lowest BCUT2D eigenvalue weighted by Crippen LogP contribution is -2.36. The van der Waals surface area contributed by atoms with Gasteiger partial charge in [0.05, 0.1) is 0 Å². The summed E-state index contributed by atoms with van der Waals surface area (Å²) in [5.74, 6) is 0. The molecule has 0 aliphatic carbocycles. The minimum absolute atomic E-state index is 0.0595. The summed E-state index contributed by atoms with van der Waals surface area (Å²) in [6, 6.07) is 3.29. The summed E-state index contributed by atoms with van der Waals surface area (Å²) in [6.45, 7) is 5.02. The van der Waals surface area contributed by atoms with Crippen molar-refractivity contribution < 1.29 is 8.42 Å². The van der Waals surface area contributed by atoms with Crippen LogP contribution in [0.2, 0.25) is 0 Å². The molecule has 0 saturated carbocycles. The Balaban J connectivity index is 2.77. The Morgan fingerprint density at radius 2 is 2.05 bits per heavy atom. The Labute approximate surface area is 119 Å².